The molecule has 0 spiro atoms. The van der Waals surface area contributed by atoms with Gasteiger partial charge >= 0.3 is 5.97 Å². The number of hydrogen-bond acceptors (Lipinski definition) is 6. The van der Waals surface area contributed by atoms with E-state index >= 15 is 0 Å². The summed E-state index contributed by atoms with van der Waals surface area (Å²) in [4.78, 5) is 13.3. The maximum atomic E-state index is 13.3. The molecule has 0 saturated heterocycles. The molecular weight excluding hydrogens is 502 g/mol. The molecule has 1 aliphatic heterocycles. The van der Waals surface area contributed by atoms with Gasteiger partial charge in [-0.1, -0.05) is 60.7 Å². The molecule has 5 rings (SSSR count). The van der Waals surface area contributed by atoms with E-state index in [9.17, 15) is 4.79 Å². The molecule has 0 radical (unpaired) electrons. The van der Waals surface area contributed by atoms with Crippen molar-refractivity contribution in [3.63, 3.8) is 0 Å². The molecule has 1 N–H and O–H groups in total. The van der Waals surface area contributed by atoms with Crippen LogP contribution in [0.3, 0.4) is 0 Å². The van der Waals surface area contributed by atoms with Gasteiger partial charge in [0.25, 0.3) is 0 Å². The Kier molecular flexibility index (Phi) is 8.37. The first-order chi connectivity index (χ1) is 19.4. The van der Waals surface area contributed by atoms with Crippen molar-refractivity contribution in [1.29, 1.82) is 0 Å². The van der Waals surface area contributed by atoms with Gasteiger partial charge in [-0.25, -0.2) is 4.79 Å². The molecule has 0 saturated carbocycles. The summed E-state index contributed by atoms with van der Waals surface area (Å²) in [7, 11) is 1.59. The van der Waals surface area contributed by atoms with E-state index in [4.69, 9.17) is 18.9 Å². The van der Waals surface area contributed by atoms with E-state index in [0.717, 1.165) is 23.4 Å². The number of hydrogen-bond donors (Lipinski definition) is 1. The standard InChI is InChI=1S/C34H35NO5/c1-34(2)32(39-33(36)26-14-17-28(37-3)18-15-26)31(38-21-20-24-10-6-4-7-11-24)29-22-27(16-19-30(29)40-34)35-23-25-12-8-5-9-13-25/h4-19,22,31-32,35H,20-21,23H2,1-3H3. The molecule has 4 aromatic carbocycles. The van der Waals surface area contributed by atoms with Crippen molar-refractivity contribution in [3.05, 3.63) is 125 Å². The van der Waals surface area contributed by atoms with E-state index in [1.165, 1.54) is 11.1 Å². The van der Waals surface area contributed by atoms with Gasteiger partial charge in [0.2, 0.25) is 0 Å². The number of carbonyl (C=O) groups excluding carboxylic acids is 1. The third kappa shape index (κ3) is 6.46. The van der Waals surface area contributed by atoms with Crippen LogP contribution in [-0.4, -0.2) is 31.4 Å². The van der Waals surface area contributed by atoms with Crippen LogP contribution < -0.4 is 14.8 Å². The predicted molar refractivity (Wildman–Crippen MR) is 156 cm³/mol. The van der Waals surface area contributed by atoms with Gasteiger partial charge < -0.3 is 24.3 Å². The van der Waals surface area contributed by atoms with E-state index in [-0.39, 0.29) is 0 Å². The van der Waals surface area contributed by atoms with Crippen molar-refractivity contribution in [2.45, 2.75) is 44.6 Å². The van der Waals surface area contributed by atoms with E-state index < -0.39 is 23.8 Å². The second-order valence-corrected chi connectivity index (χ2v) is 10.4. The van der Waals surface area contributed by atoms with Crippen LogP contribution >= 0.6 is 0 Å². The van der Waals surface area contributed by atoms with E-state index in [1.54, 1.807) is 31.4 Å². The van der Waals surface area contributed by atoms with Crippen LogP contribution in [0.2, 0.25) is 0 Å². The Balaban J connectivity index is 1.41. The molecule has 0 aliphatic carbocycles. The number of anilines is 1. The van der Waals surface area contributed by atoms with Crippen LogP contribution in [0.5, 0.6) is 11.5 Å². The summed E-state index contributed by atoms with van der Waals surface area (Å²) in [5.74, 6) is 0.948. The van der Waals surface area contributed by atoms with Crippen LogP contribution in [0, 0.1) is 0 Å². The third-order valence-electron chi connectivity index (χ3n) is 7.08. The van der Waals surface area contributed by atoms with Gasteiger partial charge in [-0.05, 0) is 73.9 Å². The zero-order chi connectivity index (χ0) is 28.0. The van der Waals surface area contributed by atoms with Gasteiger partial charge in [0.05, 0.1) is 19.3 Å². The maximum absolute atomic E-state index is 13.3. The van der Waals surface area contributed by atoms with Gasteiger partial charge in [0.15, 0.2) is 6.10 Å². The summed E-state index contributed by atoms with van der Waals surface area (Å²) in [6.45, 7) is 5.00. The number of ether oxygens (including phenoxy) is 4. The fourth-order valence-corrected chi connectivity index (χ4v) is 4.88. The largest absolute Gasteiger partial charge is 0.497 e. The normalized spacial score (nSPS) is 17.3. The number of fused-ring (bicyclic) bond motifs is 1. The summed E-state index contributed by atoms with van der Waals surface area (Å²) < 4.78 is 24.3. The first-order valence-electron chi connectivity index (χ1n) is 13.5. The van der Waals surface area contributed by atoms with Crippen LogP contribution in [0.1, 0.15) is 47.0 Å². The molecule has 40 heavy (non-hydrogen) atoms. The minimum Gasteiger partial charge on any atom is -0.497 e. The van der Waals surface area contributed by atoms with Crippen molar-refractivity contribution in [2.24, 2.45) is 0 Å². The van der Waals surface area contributed by atoms with Crippen LogP contribution in [-0.2, 0) is 22.4 Å². The fraction of sp³-hybridized carbons (Fsp3) is 0.265. The molecule has 0 bridgehead atoms. The Bertz CT molecular complexity index is 1400. The van der Waals surface area contributed by atoms with Gasteiger partial charge in [-0.2, -0.15) is 0 Å². The lowest BCUT2D eigenvalue weighted by molar-refractivity contribution is -0.139. The van der Waals surface area contributed by atoms with E-state index in [2.05, 4.69) is 29.6 Å². The molecule has 0 aromatic heterocycles. The van der Waals surface area contributed by atoms with Crippen molar-refractivity contribution in [1.82, 2.24) is 0 Å². The molecule has 6 nitrogen and oxygen atoms in total. The number of rotatable bonds is 10. The van der Waals surface area contributed by atoms with E-state index in [1.807, 2.05) is 68.4 Å². The SMILES string of the molecule is COc1ccc(C(=O)OC2C(OCCc3ccccc3)c3cc(NCc4ccccc4)ccc3OC2(C)C)cc1. The van der Waals surface area contributed by atoms with Gasteiger partial charge in [0, 0.05) is 17.8 Å². The highest BCUT2D eigenvalue weighted by Crippen LogP contribution is 2.44. The second kappa shape index (κ2) is 12.3. The smallest absolute Gasteiger partial charge is 0.338 e. The number of benzene rings is 4. The Hall–Kier alpha value is -4.29. The first kappa shape index (κ1) is 27.3. The minimum absolute atomic E-state index is 0.434. The Morgan fingerprint density at radius 1 is 0.875 bits per heavy atom. The highest BCUT2D eigenvalue weighted by atomic mass is 16.6. The van der Waals surface area contributed by atoms with Crippen LogP contribution in [0.15, 0.2) is 103 Å². The van der Waals surface area contributed by atoms with Crippen LogP contribution in [0.25, 0.3) is 0 Å². The molecule has 0 fully saturated rings. The molecule has 2 atom stereocenters. The number of carbonyl (C=O) groups is 1. The van der Waals surface area contributed by atoms with Crippen molar-refractivity contribution >= 4 is 11.7 Å². The van der Waals surface area contributed by atoms with Crippen molar-refractivity contribution in [2.75, 3.05) is 19.0 Å². The van der Waals surface area contributed by atoms with E-state index in [0.29, 0.717) is 24.5 Å². The molecule has 1 heterocycles. The number of methoxy groups -OCH3 is 1. The molecule has 4 aromatic rings. The molecule has 1 aliphatic rings. The number of esters is 1. The Morgan fingerprint density at radius 3 is 2.23 bits per heavy atom. The Morgan fingerprint density at radius 2 is 1.55 bits per heavy atom. The second-order valence-electron chi connectivity index (χ2n) is 10.4. The molecule has 2 unspecified atom stereocenters. The number of nitrogens with one attached hydrogen (secondary N) is 1. The Labute approximate surface area is 235 Å². The molecule has 206 valence electrons. The maximum Gasteiger partial charge on any atom is 0.338 e. The third-order valence-corrected chi connectivity index (χ3v) is 7.08. The summed E-state index contributed by atoms with van der Waals surface area (Å²) in [5, 5.41) is 3.50. The zero-order valence-corrected chi connectivity index (χ0v) is 23.1. The van der Waals surface area contributed by atoms with Gasteiger partial charge in [0.1, 0.15) is 23.2 Å². The summed E-state index contributed by atoms with van der Waals surface area (Å²) in [5.41, 5.74) is 3.74. The summed E-state index contributed by atoms with van der Waals surface area (Å²) in [6.07, 6.45) is -0.475. The monoisotopic (exact) mass is 537 g/mol. The highest BCUT2D eigenvalue weighted by Gasteiger charge is 2.47. The van der Waals surface area contributed by atoms with Crippen molar-refractivity contribution < 1.29 is 23.7 Å². The fourth-order valence-electron chi connectivity index (χ4n) is 4.88. The lowest BCUT2D eigenvalue weighted by Crippen LogP contribution is -2.51. The van der Waals surface area contributed by atoms with Gasteiger partial charge in [-0.3, -0.25) is 0 Å². The predicted octanol–water partition coefficient (Wildman–Crippen LogP) is 7.00. The topological polar surface area (TPSA) is 66.0 Å². The zero-order valence-electron chi connectivity index (χ0n) is 23.1. The summed E-state index contributed by atoms with van der Waals surface area (Å²) >= 11 is 0. The van der Waals surface area contributed by atoms with Crippen LogP contribution in [0.4, 0.5) is 5.69 Å². The lowest BCUT2D eigenvalue weighted by atomic mass is 9.87. The van der Waals surface area contributed by atoms with Gasteiger partial charge in [-0.15, -0.1) is 0 Å². The van der Waals surface area contributed by atoms with Crippen molar-refractivity contribution in [3.8, 4) is 11.5 Å². The lowest BCUT2D eigenvalue weighted by Gasteiger charge is -2.43. The highest BCUT2D eigenvalue weighted by molar-refractivity contribution is 5.89. The summed E-state index contributed by atoms with van der Waals surface area (Å²) in [6, 6.07) is 33.3. The minimum atomic E-state index is -0.828. The first-order valence-corrected chi connectivity index (χ1v) is 13.5. The molecule has 6 heteroatoms. The quantitative estimate of drug-likeness (QED) is 0.220. The average molecular weight is 538 g/mol. The molecule has 0 amide bonds. The molecular formula is C34H35NO5. The average Bonchev–Trinajstić information content (AvgIpc) is 2.98.